The average Bonchev–Trinajstić information content (AvgIpc) is 3.01. The average molecular weight is 561 g/mol. The molecule has 2 unspecified atom stereocenters. The number of methoxy groups -OCH3 is 1. The van der Waals surface area contributed by atoms with Crippen LogP contribution in [0.25, 0.3) is 0 Å². The Balaban J connectivity index is 2.00. The number of carboxylic acid groups (broad SMARTS) is 1. The minimum atomic E-state index is -1.22. The van der Waals surface area contributed by atoms with Gasteiger partial charge in [0.25, 0.3) is 0 Å². The van der Waals surface area contributed by atoms with Gasteiger partial charge in [-0.1, -0.05) is 25.4 Å². The lowest BCUT2D eigenvalue weighted by Crippen LogP contribution is -2.28. The van der Waals surface area contributed by atoms with Gasteiger partial charge in [0.15, 0.2) is 16.3 Å². The topological polar surface area (TPSA) is 90.7 Å². The van der Waals surface area contributed by atoms with Gasteiger partial charge in [-0.2, -0.15) is 0 Å². The molecule has 0 aromatic carbocycles. The minimum Gasteiger partial charge on any atom is -0.490 e. The molecule has 31 heavy (non-hydrogen) atoms. The molecule has 7 nitrogen and oxygen atoms in total. The fourth-order valence-corrected chi connectivity index (χ4v) is 5.49. The second-order valence-electron chi connectivity index (χ2n) is 8.41. The molecule has 0 saturated heterocycles. The summed E-state index contributed by atoms with van der Waals surface area (Å²) in [6.07, 6.45) is 5.71. The van der Waals surface area contributed by atoms with Crippen molar-refractivity contribution in [3.8, 4) is 5.75 Å². The van der Waals surface area contributed by atoms with Gasteiger partial charge in [0.05, 0.1) is 6.61 Å². The monoisotopic (exact) mass is 560 g/mol. The van der Waals surface area contributed by atoms with Gasteiger partial charge in [-0.25, -0.2) is 9.78 Å². The Morgan fingerprint density at radius 1 is 1.42 bits per heavy atom. The molecule has 2 aromatic rings. The van der Waals surface area contributed by atoms with Crippen LogP contribution in [0.4, 0.5) is 0 Å². The molecule has 1 saturated carbocycles. The number of hydrogen-bond acceptors (Lipinski definition) is 5. The molecule has 0 aliphatic heterocycles. The number of halogens is 2. The lowest BCUT2D eigenvalue weighted by atomic mass is 9.82. The van der Waals surface area contributed by atoms with Crippen molar-refractivity contribution in [2.75, 3.05) is 20.3 Å². The van der Waals surface area contributed by atoms with Crippen LogP contribution in [0.3, 0.4) is 0 Å². The van der Waals surface area contributed by atoms with Gasteiger partial charge in [0, 0.05) is 50.6 Å². The van der Waals surface area contributed by atoms with Crippen molar-refractivity contribution in [3.05, 3.63) is 54.7 Å². The summed E-state index contributed by atoms with van der Waals surface area (Å²) in [5.41, 5.74) is 0.177. The SMILES string of the molecule is COCCCOc1cc(C2CCC(C)(C)C2n2ccc(=O)c(C(=O)O)c2)c(I)nc1Cl. The van der Waals surface area contributed by atoms with Crippen LogP contribution in [-0.2, 0) is 4.74 Å². The first kappa shape index (κ1) is 24.0. The maximum atomic E-state index is 12.0. The highest BCUT2D eigenvalue weighted by Crippen LogP contribution is 2.55. The maximum Gasteiger partial charge on any atom is 0.341 e. The van der Waals surface area contributed by atoms with Gasteiger partial charge in [0.1, 0.15) is 9.26 Å². The molecule has 168 valence electrons. The second-order valence-corrected chi connectivity index (χ2v) is 9.79. The molecule has 2 atom stereocenters. The van der Waals surface area contributed by atoms with Crippen molar-refractivity contribution in [2.45, 2.75) is 45.1 Å². The summed E-state index contributed by atoms with van der Waals surface area (Å²) in [7, 11) is 1.65. The van der Waals surface area contributed by atoms with Crippen LogP contribution in [0.2, 0.25) is 5.15 Å². The highest BCUT2D eigenvalue weighted by atomic mass is 127. The molecule has 3 rings (SSSR count). The van der Waals surface area contributed by atoms with Crippen molar-refractivity contribution in [1.82, 2.24) is 9.55 Å². The van der Waals surface area contributed by atoms with E-state index in [9.17, 15) is 14.7 Å². The van der Waals surface area contributed by atoms with Gasteiger partial charge in [-0.05, 0) is 52.5 Å². The first-order valence-electron chi connectivity index (χ1n) is 10.1. The number of rotatable bonds is 8. The highest BCUT2D eigenvalue weighted by molar-refractivity contribution is 14.1. The predicted octanol–water partition coefficient (Wildman–Crippen LogP) is 4.76. The standard InChI is InChI=1S/C22H26ClIN2O5/c1-22(2)7-5-13(18(22)26-8-6-16(27)15(12-26)21(28)29)14-11-17(19(23)25-20(14)24)31-10-4-9-30-3/h6,8,11-13,18H,4-5,7,9-10H2,1-3H3,(H,28,29). The van der Waals surface area contributed by atoms with Crippen LogP contribution >= 0.6 is 34.2 Å². The number of pyridine rings is 2. The molecular weight excluding hydrogens is 535 g/mol. The van der Waals surface area contributed by atoms with E-state index in [-0.39, 0.29) is 22.9 Å². The van der Waals surface area contributed by atoms with Gasteiger partial charge < -0.3 is 19.1 Å². The molecule has 1 fully saturated rings. The Bertz CT molecular complexity index is 1020. The zero-order valence-corrected chi connectivity index (χ0v) is 20.6. The molecule has 0 spiro atoms. The van der Waals surface area contributed by atoms with Gasteiger partial charge >= 0.3 is 5.97 Å². The molecule has 0 radical (unpaired) electrons. The Hall–Kier alpha value is -1.65. The third-order valence-electron chi connectivity index (χ3n) is 5.85. The minimum absolute atomic E-state index is 0.0518. The quantitative estimate of drug-likeness (QED) is 0.284. The predicted molar refractivity (Wildman–Crippen MR) is 126 cm³/mol. The van der Waals surface area contributed by atoms with E-state index < -0.39 is 11.4 Å². The third-order valence-corrected chi connectivity index (χ3v) is 6.98. The molecular formula is C22H26ClIN2O5. The molecule has 9 heteroatoms. The normalized spacial score (nSPS) is 20.0. The van der Waals surface area contributed by atoms with E-state index in [1.54, 1.807) is 13.3 Å². The summed E-state index contributed by atoms with van der Waals surface area (Å²) in [5.74, 6) is -0.624. The van der Waals surface area contributed by atoms with E-state index in [4.69, 9.17) is 21.1 Å². The Morgan fingerprint density at radius 2 is 2.16 bits per heavy atom. The number of ether oxygens (including phenoxy) is 2. The molecule has 2 heterocycles. The fraction of sp³-hybridized carbons (Fsp3) is 0.500. The second kappa shape index (κ2) is 9.87. The molecule has 1 aliphatic carbocycles. The lowest BCUT2D eigenvalue weighted by molar-refractivity contribution is 0.0693. The summed E-state index contributed by atoms with van der Waals surface area (Å²) < 4.78 is 13.6. The summed E-state index contributed by atoms with van der Waals surface area (Å²) in [6, 6.07) is 3.22. The van der Waals surface area contributed by atoms with Crippen LogP contribution in [0.1, 0.15) is 61.0 Å². The molecule has 1 N–H and O–H groups in total. The molecule has 2 aromatic heterocycles. The van der Waals surface area contributed by atoms with Crippen molar-refractivity contribution in [2.24, 2.45) is 5.41 Å². The number of hydrogen-bond donors (Lipinski definition) is 1. The Kier molecular flexibility index (Phi) is 7.64. The zero-order chi connectivity index (χ0) is 22.8. The van der Waals surface area contributed by atoms with E-state index in [1.165, 1.54) is 12.3 Å². The van der Waals surface area contributed by atoms with Crippen molar-refractivity contribution >= 4 is 40.2 Å². The third kappa shape index (κ3) is 5.23. The van der Waals surface area contributed by atoms with E-state index in [0.717, 1.165) is 28.5 Å². The van der Waals surface area contributed by atoms with Crippen LogP contribution < -0.4 is 10.2 Å². The number of aromatic carboxylic acids is 1. The number of nitrogens with zero attached hydrogens (tertiary/aromatic N) is 2. The molecule has 0 bridgehead atoms. The van der Waals surface area contributed by atoms with E-state index in [2.05, 4.69) is 41.4 Å². The smallest absolute Gasteiger partial charge is 0.341 e. The first-order valence-corrected chi connectivity index (χ1v) is 11.5. The first-order chi connectivity index (χ1) is 14.7. The van der Waals surface area contributed by atoms with E-state index in [0.29, 0.717) is 24.1 Å². The van der Waals surface area contributed by atoms with Crippen LogP contribution in [-0.4, -0.2) is 41.0 Å². The zero-order valence-electron chi connectivity index (χ0n) is 17.7. The van der Waals surface area contributed by atoms with Gasteiger partial charge in [-0.15, -0.1) is 0 Å². The van der Waals surface area contributed by atoms with E-state index >= 15 is 0 Å². The maximum absolute atomic E-state index is 12.0. The Labute approximate surface area is 199 Å². The van der Waals surface area contributed by atoms with Crippen molar-refractivity contribution < 1.29 is 19.4 Å². The molecule has 1 aliphatic rings. The number of carboxylic acids is 1. The lowest BCUT2D eigenvalue weighted by Gasteiger charge is -2.34. The summed E-state index contributed by atoms with van der Waals surface area (Å²) in [6.45, 7) is 5.39. The van der Waals surface area contributed by atoms with Crippen molar-refractivity contribution in [1.29, 1.82) is 0 Å². The summed E-state index contributed by atoms with van der Waals surface area (Å²) in [4.78, 5) is 28.0. The van der Waals surface area contributed by atoms with Crippen LogP contribution in [0.15, 0.2) is 29.3 Å². The van der Waals surface area contributed by atoms with Gasteiger partial charge in [-0.3, -0.25) is 4.79 Å². The largest absolute Gasteiger partial charge is 0.490 e. The Morgan fingerprint density at radius 3 is 2.84 bits per heavy atom. The number of carbonyl (C=O) groups is 1. The number of aromatic nitrogens is 2. The summed E-state index contributed by atoms with van der Waals surface area (Å²) in [5, 5.41) is 9.73. The highest BCUT2D eigenvalue weighted by Gasteiger charge is 2.44. The summed E-state index contributed by atoms with van der Waals surface area (Å²) >= 11 is 8.51. The van der Waals surface area contributed by atoms with Crippen LogP contribution in [0, 0.1) is 9.12 Å². The van der Waals surface area contributed by atoms with E-state index in [1.807, 2.05) is 10.6 Å². The molecule has 0 amide bonds. The van der Waals surface area contributed by atoms with Crippen molar-refractivity contribution in [3.63, 3.8) is 0 Å². The van der Waals surface area contributed by atoms with Gasteiger partial charge in [0.2, 0.25) is 0 Å². The fourth-order valence-electron chi connectivity index (χ4n) is 4.36. The van der Waals surface area contributed by atoms with Crippen LogP contribution in [0.5, 0.6) is 5.75 Å².